The number of nitrogens with zero attached hydrogens (tertiary/aromatic N) is 8. The van der Waals surface area contributed by atoms with Crippen LogP contribution >= 0.6 is 0 Å². The highest BCUT2D eigenvalue weighted by molar-refractivity contribution is 5.72. The molecule has 10 rings (SSSR count). The lowest BCUT2D eigenvalue weighted by molar-refractivity contribution is -0.115. The van der Waals surface area contributed by atoms with Gasteiger partial charge in [0.2, 0.25) is 0 Å². The molecule has 7 aliphatic rings. The van der Waals surface area contributed by atoms with Crippen LogP contribution in [-0.2, 0) is 19.1 Å². The zero-order chi connectivity index (χ0) is 57.9. The van der Waals surface area contributed by atoms with E-state index in [1.165, 1.54) is 136 Å². The Hall–Kier alpha value is -4.39. The molecule has 3 saturated heterocycles. The fourth-order valence-electron chi connectivity index (χ4n) is 4.48. The third kappa shape index (κ3) is 129. The lowest BCUT2D eigenvalue weighted by atomic mass is 10.4. The van der Waals surface area contributed by atoms with Crippen molar-refractivity contribution in [2.45, 2.75) is 209 Å². The van der Waals surface area contributed by atoms with E-state index >= 15 is 0 Å². The van der Waals surface area contributed by atoms with Crippen molar-refractivity contribution in [3.8, 4) is 0 Å². The smallest absolute Gasteiger partial charge is 0.171 e. The summed E-state index contributed by atoms with van der Waals surface area (Å²) in [5.74, 6) is 0.843. The summed E-state index contributed by atoms with van der Waals surface area (Å²) in [6, 6.07) is 7.49. The lowest BCUT2D eigenvalue weighted by Gasteiger charge is -1.79. The molecule has 0 atom stereocenters. The van der Waals surface area contributed by atoms with E-state index < -0.39 is 0 Å². The monoisotopic (exact) mass is 1070 g/mol. The summed E-state index contributed by atoms with van der Waals surface area (Å²) in [6.07, 6.45) is 34.2. The van der Waals surface area contributed by atoms with Crippen LogP contribution in [0.2, 0.25) is 0 Å². The maximum absolute atomic E-state index is 9.44. The summed E-state index contributed by atoms with van der Waals surface area (Å²) < 4.78 is 9.19. The van der Waals surface area contributed by atoms with Crippen molar-refractivity contribution in [3.05, 3.63) is 73.4 Å². The van der Waals surface area contributed by atoms with Gasteiger partial charge in [0.1, 0.15) is 18.4 Å². The number of tetrazole rings is 1. The highest BCUT2D eigenvalue weighted by Gasteiger charge is 1.96. The predicted octanol–water partition coefficient (Wildman–Crippen LogP) is 13.7. The Labute approximate surface area is 464 Å². The average Bonchev–Trinajstić information content (AvgIpc) is 4.34. The van der Waals surface area contributed by atoms with Gasteiger partial charge in [-0.2, -0.15) is 5.21 Å². The van der Waals surface area contributed by atoms with E-state index in [2.05, 4.69) is 88.7 Å². The Kier molecular flexibility index (Phi) is 142. The third-order valence-corrected chi connectivity index (χ3v) is 7.29. The molecule has 0 amide bonds. The fourth-order valence-corrected chi connectivity index (χ4v) is 4.48. The van der Waals surface area contributed by atoms with Gasteiger partial charge in [0.05, 0.1) is 0 Å². The van der Waals surface area contributed by atoms with Gasteiger partial charge in [0, 0.05) is 71.9 Å². The van der Waals surface area contributed by atoms with Crippen LogP contribution in [0.4, 0.5) is 0 Å². The first kappa shape index (κ1) is 93.1. The van der Waals surface area contributed by atoms with Crippen molar-refractivity contribution in [1.82, 2.24) is 57.0 Å². The average molecular weight is 1070 g/mol. The van der Waals surface area contributed by atoms with Gasteiger partial charge in [-0.3, -0.25) is 20.3 Å². The van der Waals surface area contributed by atoms with E-state index in [1.54, 1.807) is 52.0 Å². The van der Waals surface area contributed by atoms with E-state index in [9.17, 15) is 4.79 Å². The number of carbonyl (C=O) groups excluding carboxylic acids is 1. The molecule has 17 nitrogen and oxygen atoms in total. The minimum Gasteiger partial charge on any atom is -0.388 e. The number of Topliss-reactive ketones (excluding diaryl/α,β-unsaturated/α-hetero) is 1. The number of aromatic nitrogens is 7. The zero-order valence-corrected chi connectivity index (χ0v) is 51.5. The zero-order valence-electron chi connectivity index (χ0n) is 51.5. The van der Waals surface area contributed by atoms with Gasteiger partial charge in [-0.1, -0.05) is 160 Å². The maximum Gasteiger partial charge on any atom is 0.171 e. The van der Waals surface area contributed by atoms with Gasteiger partial charge in [0.25, 0.3) is 0 Å². The molecule has 4 fully saturated rings. The number of rotatable bonds is 0. The lowest BCUT2D eigenvalue weighted by Crippen LogP contribution is -2.04. The minimum absolute atomic E-state index is 0. The molecule has 1 saturated carbocycles. The Morgan fingerprint density at radius 3 is 1.11 bits per heavy atom. The van der Waals surface area contributed by atoms with Crippen molar-refractivity contribution in [2.24, 2.45) is 9.98 Å². The number of ether oxygens (including phenoxy) is 2. The molecule has 0 aromatic carbocycles. The van der Waals surface area contributed by atoms with E-state index in [4.69, 9.17) is 4.74 Å². The molecular weight excluding hydrogens is 943 g/mol. The first-order valence-electron chi connectivity index (χ1n) is 28.4. The summed E-state index contributed by atoms with van der Waals surface area (Å²) in [5, 5.41) is 22.3. The molecule has 0 spiro atoms. The van der Waals surface area contributed by atoms with Gasteiger partial charge in [-0.05, 0) is 123 Å². The third-order valence-electron chi connectivity index (χ3n) is 7.29. The number of aromatic amines is 1. The minimum atomic E-state index is 0. The van der Waals surface area contributed by atoms with Crippen LogP contribution < -0.4 is 21.4 Å². The summed E-state index contributed by atoms with van der Waals surface area (Å²) in [7, 11) is 3.25. The topological polar surface area (TPSA) is 211 Å². The number of hydrogen-bond acceptors (Lipinski definition) is 16. The van der Waals surface area contributed by atoms with Gasteiger partial charge in [0.15, 0.2) is 12.6 Å². The molecule has 0 radical (unpaired) electrons. The quantitative estimate of drug-likeness (QED) is 0.133. The highest BCUT2D eigenvalue weighted by Crippen LogP contribution is 2.15. The summed E-state index contributed by atoms with van der Waals surface area (Å²) in [5.41, 5.74) is 2.43. The molecule has 5 N–H and O–H groups in total. The number of H-pyrrole nitrogens is 1. The number of methoxy groups -OCH3 is 1. The first-order valence-corrected chi connectivity index (χ1v) is 28.4. The SMILES string of the molecule is C.C1=CCNC1.C1=NCCC1.C1=NCON1.C1CCCC1.C1CCNC1.C1CCNC1.C1CCOC1.CC.CC.CC.CC.CC.CC.CC.CC(C)=O.COC.Cc1nn[nH]n1.c1ccncc1.c1cncnc1. The van der Waals surface area contributed by atoms with Crippen LogP contribution in [0.3, 0.4) is 0 Å². The fraction of sp³-hybridized carbons (Fsp3) is 0.741. The largest absolute Gasteiger partial charge is 0.388 e. The second-order valence-electron chi connectivity index (χ2n) is 13.3. The van der Waals surface area contributed by atoms with E-state index in [-0.39, 0.29) is 13.2 Å². The predicted molar refractivity (Wildman–Crippen MR) is 330 cm³/mol. The maximum atomic E-state index is 9.44. The Bertz CT molecular complexity index is 1050. The van der Waals surface area contributed by atoms with Gasteiger partial charge in [-0.15, -0.1) is 10.2 Å². The summed E-state index contributed by atoms with van der Waals surface area (Å²) >= 11 is 0. The Morgan fingerprint density at radius 1 is 0.560 bits per heavy atom. The van der Waals surface area contributed by atoms with Gasteiger partial charge < -0.3 is 30.2 Å². The molecule has 3 aromatic rings. The van der Waals surface area contributed by atoms with Crippen LogP contribution in [0.5, 0.6) is 0 Å². The molecule has 17 heteroatoms. The highest BCUT2D eigenvalue weighted by atomic mass is 16.7. The second kappa shape index (κ2) is 114. The van der Waals surface area contributed by atoms with Crippen molar-refractivity contribution in [3.63, 3.8) is 0 Å². The number of hydrogen-bond donors (Lipinski definition) is 5. The number of aryl methyl sites for hydroxylation is 1. The molecule has 9 heterocycles. The van der Waals surface area contributed by atoms with Gasteiger partial charge >= 0.3 is 0 Å². The van der Waals surface area contributed by atoms with Crippen molar-refractivity contribution >= 4 is 18.3 Å². The Balaban J connectivity index is -0.0000000753. The van der Waals surface area contributed by atoms with Crippen molar-refractivity contribution in [2.75, 3.05) is 80.0 Å². The molecule has 0 unspecified atom stereocenters. The molecule has 75 heavy (non-hydrogen) atoms. The second-order valence-corrected chi connectivity index (χ2v) is 13.3. The number of ketones is 1. The summed E-state index contributed by atoms with van der Waals surface area (Å²) in [4.78, 5) is 32.6. The molecule has 0 bridgehead atoms. The van der Waals surface area contributed by atoms with Gasteiger partial charge in [-0.25, -0.2) is 15.0 Å². The van der Waals surface area contributed by atoms with Crippen LogP contribution in [-0.4, -0.2) is 134 Å². The molecular formula is C58H125N13O4. The Morgan fingerprint density at radius 2 is 0.987 bits per heavy atom. The van der Waals surface area contributed by atoms with E-state index in [0.717, 1.165) is 32.8 Å². The molecule has 1 aliphatic carbocycles. The van der Waals surface area contributed by atoms with Crippen molar-refractivity contribution in [1.29, 1.82) is 0 Å². The van der Waals surface area contributed by atoms with Crippen molar-refractivity contribution < 1.29 is 19.1 Å². The van der Waals surface area contributed by atoms with Crippen LogP contribution in [0.1, 0.15) is 208 Å². The molecule has 6 aliphatic heterocycles. The van der Waals surface area contributed by atoms with Crippen LogP contribution in [0.15, 0.2) is 77.5 Å². The standard InChI is InChI=1S/C5H5N.C5H10.C4H4N2.2C4H9N.2C4H7N.C4H8O.C3H6O.C2H4N4.C2H4N2O.C2H6O.7C2H6.CH4/c1-2-4-6-5-3-1;1-2-4-5-3-1;1-2-5-4-6-3-1;5*1-2-4-5-3-1;1-3(2)4;1-2-3-5-6-4-2;1-3-2-5-4-1;1-3-2;7*1-2;/h1-5H;1-5H2;1-4H;2*5H,1-4H2;3H,1-2,4H2;1-2,5H,3-4H2;1-4H2;1-2H3;1H3,(H,3,4,5,6);1H,2H2,(H,3,4);1-2H3;7*1-2H3;1H4. The molecule has 3 aromatic heterocycles. The number of hydroxylamine groups is 1. The summed E-state index contributed by atoms with van der Waals surface area (Å²) in [6.45, 7) is 43.5. The van der Waals surface area contributed by atoms with Crippen LogP contribution in [0, 0.1) is 6.92 Å². The number of carbonyl (C=O) groups is 1. The normalized spacial score (nSPS) is 13.6. The first-order chi connectivity index (χ1) is 36.5. The van der Waals surface area contributed by atoms with E-state index in [0.29, 0.717) is 12.6 Å². The number of aliphatic imine (C=N–C) groups is 2. The number of pyridine rings is 1. The number of nitrogens with one attached hydrogen (secondary N) is 5. The van der Waals surface area contributed by atoms with E-state index in [1.807, 2.05) is 121 Å². The molecule has 446 valence electrons. The van der Waals surface area contributed by atoms with Crippen LogP contribution in [0.25, 0.3) is 0 Å².